The Hall–Kier alpha value is -1.57. The van der Waals surface area contributed by atoms with Crippen molar-refractivity contribution in [2.75, 3.05) is 11.9 Å². The summed E-state index contributed by atoms with van der Waals surface area (Å²) < 4.78 is 7.12. The molecule has 0 saturated carbocycles. The number of benzene rings is 2. The summed E-state index contributed by atoms with van der Waals surface area (Å²) >= 11 is 6.66. The van der Waals surface area contributed by atoms with Crippen molar-refractivity contribution in [1.82, 2.24) is 0 Å². The van der Waals surface area contributed by atoms with Crippen LogP contribution in [0.4, 0.5) is 10.5 Å². The van der Waals surface area contributed by atoms with Crippen LogP contribution < -0.4 is 5.32 Å². The summed E-state index contributed by atoms with van der Waals surface area (Å²) in [5.41, 5.74) is 1.09. The highest BCUT2D eigenvalue weighted by atomic mass is 79.9. The average Bonchev–Trinajstić information content (AvgIpc) is 2.56. The van der Waals surface area contributed by atoms with E-state index in [0.717, 1.165) is 8.95 Å². The molecule has 0 aromatic heterocycles. The number of hydrogen-bond donors (Lipinski definition) is 3. The van der Waals surface area contributed by atoms with E-state index in [2.05, 4.69) is 37.2 Å². The number of nitrogens with one attached hydrogen (secondary N) is 1. The van der Waals surface area contributed by atoms with Gasteiger partial charge in [-0.05, 0) is 55.3 Å². The van der Waals surface area contributed by atoms with E-state index in [0.29, 0.717) is 24.1 Å². The van der Waals surface area contributed by atoms with Crippen molar-refractivity contribution in [3.05, 3.63) is 57.0 Å². The van der Waals surface area contributed by atoms with E-state index in [9.17, 15) is 9.90 Å². The number of phenols is 1. The maximum Gasteiger partial charge on any atom is 0.412 e. The van der Waals surface area contributed by atoms with Crippen LogP contribution >= 0.6 is 31.9 Å². The Bertz CT molecular complexity index is 691. The van der Waals surface area contributed by atoms with Crippen LogP contribution in [0.2, 0.25) is 0 Å². The third-order valence-electron chi connectivity index (χ3n) is 3.30. The molecule has 2 rings (SSSR count). The largest absolute Gasteiger partial charge is 0.508 e. The number of aliphatic hydroxyl groups is 1. The summed E-state index contributed by atoms with van der Waals surface area (Å²) in [4.78, 5) is 12.1. The van der Waals surface area contributed by atoms with Gasteiger partial charge in [0.15, 0.2) is 0 Å². The number of carbonyl (C=O) groups excluding carboxylic acids is 1. The number of rotatable bonds is 6. The molecule has 2 aromatic rings. The van der Waals surface area contributed by atoms with Crippen LogP contribution in [0.3, 0.4) is 0 Å². The first-order chi connectivity index (χ1) is 11.5. The van der Waals surface area contributed by atoms with Gasteiger partial charge >= 0.3 is 6.09 Å². The fourth-order valence-electron chi connectivity index (χ4n) is 2.15. The second-order valence-electron chi connectivity index (χ2n) is 5.09. The molecule has 0 aliphatic heterocycles. The van der Waals surface area contributed by atoms with Crippen LogP contribution in [0, 0.1) is 0 Å². The average molecular weight is 459 g/mol. The number of carbonyl (C=O) groups is 1. The van der Waals surface area contributed by atoms with Crippen LogP contribution in [0.5, 0.6) is 5.75 Å². The number of anilines is 1. The van der Waals surface area contributed by atoms with Crippen molar-refractivity contribution in [3.8, 4) is 5.75 Å². The minimum absolute atomic E-state index is 0.0248. The number of amides is 1. The molecule has 0 spiro atoms. The quantitative estimate of drug-likeness (QED) is 0.570. The molecule has 0 radical (unpaired) electrons. The Morgan fingerprint density at radius 3 is 2.46 bits per heavy atom. The zero-order chi connectivity index (χ0) is 17.5. The summed E-state index contributed by atoms with van der Waals surface area (Å²) in [6.45, 7) is -0.0248. The molecule has 0 fully saturated rings. The van der Waals surface area contributed by atoms with Gasteiger partial charge in [0, 0.05) is 26.8 Å². The Balaban J connectivity index is 2.11. The molecule has 2 aromatic carbocycles. The summed E-state index contributed by atoms with van der Waals surface area (Å²) in [5.74, 6) is 0.0394. The maximum atomic E-state index is 12.1. The number of aromatic hydroxyl groups is 1. The molecule has 0 heterocycles. The molecule has 1 atom stereocenters. The van der Waals surface area contributed by atoms with Gasteiger partial charge in [-0.15, -0.1) is 0 Å². The van der Waals surface area contributed by atoms with Gasteiger partial charge in [-0.3, -0.25) is 5.32 Å². The number of phenolic OH excluding ortho intramolecular Hbond substituents is 1. The van der Waals surface area contributed by atoms with E-state index in [1.54, 1.807) is 36.4 Å². The van der Waals surface area contributed by atoms with E-state index < -0.39 is 12.2 Å². The maximum absolute atomic E-state index is 12.1. The minimum atomic E-state index is -0.662. The van der Waals surface area contributed by atoms with Crippen molar-refractivity contribution < 1.29 is 19.7 Å². The number of aliphatic hydroxyl groups excluding tert-OH is 1. The predicted molar refractivity (Wildman–Crippen MR) is 99.1 cm³/mol. The van der Waals surface area contributed by atoms with Gasteiger partial charge in [0.25, 0.3) is 0 Å². The zero-order valence-corrected chi connectivity index (χ0v) is 15.9. The molecule has 0 aliphatic rings. The molecule has 24 heavy (non-hydrogen) atoms. The first-order valence-corrected chi connectivity index (χ1v) is 8.90. The second-order valence-corrected chi connectivity index (χ2v) is 6.93. The van der Waals surface area contributed by atoms with Crippen molar-refractivity contribution in [2.24, 2.45) is 0 Å². The first kappa shape index (κ1) is 18.8. The molecule has 7 heteroatoms. The molecular weight excluding hydrogens is 442 g/mol. The standard InChI is InChI=1S/C17H17Br2NO4/c18-11-3-6-13(7-4-11)20-17(23)24-16(2-1-9-21)14-10-12(19)5-8-15(14)22/h3-8,10,16,21-22H,1-2,9H2,(H,20,23)/t16-/m0/s1. The smallest absolute Gasteiger partial charge is 0.412 e. The fraction of sp³-hybridized carbons (Fsp3) is 0.235. The highest BCUT2D eigenvalue weighted by molar-refractivity contribution is 9.10. The zero-order valence-electron chi connectivity index (χ0n) is 12.7. The number of hydrogen-bond acceptors (Lipinski definition) is 4. The Kier molecular flexibility index (Phi) is 7.08. The summed E-state index contributed by atoms with van der Waals surface area (Å²) in [5, 5.41) is 21.7. The molecule has 5 nitrogen and oxygen atoms in total. The molecule has 0 bridgehead atoms. The lowest BCUT2D eigenvalue weighted by atomic mass is 10.0. The first-order valence-electron chi connectivity index (χ1n) is 7.32. The number of ether oxygens (including phenoxy) is 1. The second kappa shape index (κ2) is 9.05. The highest BCUT2D eigenvalue weighted by Crippen LogP contribution is 2.33. The van der Waals surface area contributed by atoms with Crippen LogP contribution in [-0.4, -0.2) is 22.9 Å². The predicted octanol–water partition coefficient (Wildman–Crippen LogP) is 4.98. The Labute approximate surface area is 156 Å². The van der Waals surface area contributed by atoms with E-state index in [4.69, 9.17) is 9.84 Å². The Morgan fingerprint density at radius 2 is 1.79 bits per heavy atom. The van der Waals surface area contributed by atoms with Crippen molar-refractivity contribution in [3.63, 3.8) is 0 Å². The minimum Gasteiger partial charge on any atom is -0.508 e. The van der Waals surface area contributed by atoms with Crippen LogP contribution in [0.25, 0.3) is 0 Å². The molecule has 1 amide bonds. The Morgan fingerprint density at radius 1 is 1.12 bits per heavy atom. The summed E-state index contributed by atoms with van der Waals surface area (Å²) in [6.07, 6.45) is -0.444. The molecule has 128 valence electrons. The van der Waals surface area contributed by atoms with Crippen LogP contribution in [-0.2, 0) is 4.74 Å². The number of halogens is 2. The molecule has 0 saturated heterocycles. The lowest BCUT2D eigenvalue weighted by Gasteiger charge is -2.19. The normalized spacial score (nSPS) is 11.8. The van der Waals surface area contributed by atoms with Gasteiger partial charge in [0.05, 0.1) is 0 Å². The highest BCUT2D eigenvalue weighted by Gasteiger charge is 2.20. The molecule has 0 unspecified atom stereocenters. The van der Waals surface area contributed by atoms with E-state index in [1.807, 2.05) is 0 Å². The van der Waals surface area contributed by atoms with Gasteiger partial charge in [-0.1, -0.05) is 31.9 Å². The molecule has 3 N–H and O–H groups in total. The summed E-state index contributed by atoms with van der Waals surface area (Å²) in [6, 6.07) is 12.0. The molecular formula is C17H17Br2NO4. The fourth-order valence-corrected chi connectivity index (χ4v) is 2.79. The molecule has 0 aliphatic carbocycles. The monoisotopic (exact) mass is 457 g/mol. The lowest BCUT2D eigenvalue weighted by molar-refractivity contribution is 0.0979. The van der Waals surface area contributed by atoms with Crippen molar-refractivity contribution >= 4 is 43.6 Å². The van der Waals surface area contributed by atoms with Gasteiger partial charge in [-0.25, -0.2) is 4.79 Å². The van der Waals surface area contributed by atoms with Crippen molar-refractivity contribution in [1.29, 1.82) is 0 Å². The van der Waals surface area contributed by atoms with Gasteiger partial charge in [-0.2, -0.15) is 0 Å². The van der Waals surface area contributed by atoms with Crippen LogP contribution in [0.15, 0.2) is 51.4 Å². The van der Waals surface area contributed by atoms with E-state index in [-0.39, 0.29) is 12.4 Å². The summed E-state index contributed by atoms with van der Waals surface area (Å²) in [7, 11) is 0. The third kappa shape index (κ3) is 5.51. The SMILES string of the molecule is O=C(Nc1ccc(Br)cc1)O[C@@H](CCCO)c1cc(Br)ccc1O. The van der Waals surface area contributed by atoms with Crippen LogP contribution in [0.1, 0.15) is 24.5 Å². The topological polar surface area (TPSA) is 78.8 Å². The van der Waals surface area contributed by atoms with Crippen molar-refractivity contribution in [2.45, 2.75) is 18.9 Å². The lowest BCUT2D eigenvalue weighted by Crippen LogP contribution is -2.18. The van der Waals surface area contributed by atoms with Gasteiger partial charge in [0.2, 0.25) is 0 Å². The van der Waals surface area contributed by atoms with E-state index >= 15 is 0 Å². The van der Waals surface area contributed by atoms with Gasteiger partial charge in [0.1, 0.15) is 11.9 Å². The van der Waals surface area contributed by atoms with Gasteiger partial charge < -0.3 is 14.9 Å². The van der Waals surface area contributed by atoms with E-state index in [1.165, 1.54) is 6.07 Å². The third-order valence-corrected chi connectivity index (χ3v) is 4.32.